The van der Waals surface area contributed by atoms with Crippen molar-refractivity contribution in [2.45, 2.75) is 32.6 Å². The van der Waals surface area contributed by atoms with Crippen LogP contribution in [0.2, 0.25) is 0 Å². The third-order valence-corrected chi connectivity index (χ3v) is 3.14. The fourth-order valence-electron chi connectivity index (χ4n) is 2.07. The molecule has 0 aliphatic rings. The summed E-state index contributed by atoms with van der Waals surface area (Å²) in [6.45, 7) is 2.15. The Morgan fingerprint density at radius 1 is 0.842 bits per heavy atom. The van der Waals surface area contributed by atoms with E-state index in [0.29, 0.717) is 12.0 Å². The summed E-state index contributed by atoms with van der Waals surface area (Å²) in [4.78, 5) is 3.19. The van der Waals surface area contributed by atoms with Crippen molar-refractivity contribution in [3.05, 3.63) is 65.0 Å². The molecule has 2 rings (SSSR count). The molecule has 1 heterocycles. The van der Waals surface area contributed by atoms with Crippen molar-refractivity contribution in [1.29, 1.82) is 0 Å². The van der Waals surface area contributed by atoms with Crippen LogP contribution in [-0.2, 0) is 19.3 Å². The highest BCUT2D eigenvalue weighted by atomic mass is 19.1. The number of aromatic nitrogens is 1. The lowest BCUT2D eigenvalue weighted by molar-refractivity contribution is 0.502. The Labute approximate surface area is 112 Å². The normalized spacial score (nSPS) is 10.7. The van der Waals surface area contributed by atoms with E-state index in [1.54, 1.807) is 0 Å². The van der Waals surface area contributed by atoms with E-state index in [-0.39, 0.29) is 0 Å². The summed E-state index contributed by atoms with van der Waals surface area (Å²) in [6, 6.07) is 11.0. The van der Waals surface area contributed by atoms with Crippen LogP contribution in [0.1, 0.15) is 30.0 Å². The van der Waals surface area contributed by atoms with Gasteiger partial charge in [-0.25, -0.2) is 0 Å². The second-order valence-corrected chi connectivity index (χ2v) is 4.65. The van der Waals surface area contributed by atoms with Gasteiger partial charge >= 0.3 is 0 Å². The molecular weight excluding hydrogens is 244 g/mol. The van der Waals surface area contributed by atoms with E-state index in [1.807, 2.05) is 0 Å². The molecule has 0 bridgehead atoms. The van der Waals surface area contributed by atoms with Crippen LogP contribution in [0.4, 0.5) is 8.78 Å². The van der Waals surface area contributed by atoms with Gasteiger partial charge in [-0.2, -0.15) is 13.8 Å². The van der Waals surface area contributed by atoms with Gasteiger partial charge in [-0.3, -0.25) is 0 Å². The lowest BCUT2D eigenvalue weighted by atomic mass is 10.0. The Hall–Kier alpha value is -1.77. The lowest BCUT2D eigenvalue weighted by Gasteiger charge is -2.04. The van der Waals surface area contributed by atoms with Crippen LogP contribution < -0.4 is 0 Å². The van der Waals surface area contributed by atoms with Crippen LogP contribution in [0.15, 0.2) is 36.4 Å². The van der Waals surface area contributed by atoms with Gasteiger partial charge < -0.3 is 0 Å². The lowest BCUT2D eigenvalue weighted by Crippen LogP contribution is -1.99. The van der Waals surface area contributed by atoms with Crippen LogP contribution in [-0.4, -0.2) is 4.98 Å². The predicted octanol–water partition coefficient (Wildman–Crippen LogP) is 4.10. The average Bonchev–Trinajstić information content (AvgIpc) is 2.40. The standard InChI is InChI=1S/C16H17F2N/c1-2-3-12-4-6-13(7-5-12)8-9-14-10-11-15(17)19-16(14)18/h4-7,10-11H,2-3,8-9H2,1H3. The predicted molar refractivity (Wildman–Crippen MR) is 72.0 cm³/mol. The van der Waals surface area contributed by atoms with E-state index < -0.39 is 11.9 Å². The van der Waals surface area contributed by atoms with Crippen LogP contribution in [0.3, 0.4) is 0 Å². The number of hydrogen-bond acceptors (Lipinski definition) is 1. The minimum absolute atomic E-state index is 0.457. The fourth-order valence-corrected chi connectivity index (χ4v) is 2.07. The van der Waals surface area contributed by atoms with E-state index >= 15 is 0 Å². The zero-order valence-corrected chi connectivity index (χ0v) is 11.0. The zero-order chi connectivity index (χ0) is 13.7. The number of aryl methyl sites for hydroxylation is 3. The molecule has 1 aromatic heterocycles. The van der Waals surface area contributed by atoms with Gasteiger partial charge in [-0.15, -0.1) is 0 Å². The number of halogens is 2. The first-order valence-corrected chi connectivity index (χ1v) is 6.57. The molecule has 1 nitrogen and oxygen atoms in total. The summed E-state index contributed by atoms with van der Waals surface area (Å²) in [7, 11) is 0. The molecule has 2 aromatic rings. The monoisotopic (exact) mass is 261 g/mol. The van der Waals surface area contributed by atoms with E-state index in [1.165, 1.54) is 17.7 Å². The summed E-state index contributed by atoms with van der Waals surface area (Å²) in [5, 5.41) is 0. The molecule has 0 aliphatic carbocycles. The first-order chi connectivity index (χ1) is 9.19. The van der Waals surface area contributed by atoms with Gasteiger partial charge in [0, 0.05) is 5.56 Å². The third-order valence-electron chi connectivity index (χ3n) is 3.14. The molecule has 0 spiro atoms. The molecule has 3 heteroatoms. The van der Waals surface area contributed by atoms with Gasteiger partial charge in [0.15, 0.2) is 0 Å². The van der Waals surface area contributed by atoms with Crippen LogP contribution in [0.25, 0.3) is 0 Å². The Kier molecular flexibility index (Phi) is 4.61. The molecule has 0 fully saturated rings. The Balaban J connectivity index is 1.98. The summed E-state index contributed by atoms with van der Waals surface area (Å²) in [5.41, 5.74) is 2.93. The molecule has 0 atom stereocenters. The van der Waals surface area contributed by atoms with Crippen molar-refractivity contribution in [3.63, 3.8) is 0 Å². The number of hydrogen-bond donors (Lipinski definition) is 0. The van der Waals surface area contributed by atoms with E-state index in [0.717, 1.165) is 24.8 Å². The molecule has 100 valence electrons. The fraction of sp³-hybridized carbons (Fsp3) is 0.312. The number of pyridine rings is 1. The van der Waals surface area contributed by atoms with Gasteiger partial charge in [0.1, 0.15) is 0 Å². The van der Waals surface area contributed by atoms with E-state index in [4.69, 9.17) is 0 Å². The summed E-state index contributed by atoms with van der Waals surface area (Å²) >= 11 is 0. The van der Waals surface area contributed by atoms with Gasteiger partial charge in [0.2, 0.25) is 11.9 Å². The third kappa shape index (κ3) is 3.85. The highest BCUT2D eigenvalue weighted by Crippen LogP contribution is 2.12. The van der Waals surface area contributed by atoms with Gasteiger partial charge in [0.25, 0.3) is 0 Å². The highest BCUT2D eigenvalue weighted by Gasteiger charge is 2.05. The largest absolute Gasteiger partial charge is 0.218 e. The van der Waals surface area contributed by atoms with Crippen molar-refractivity contribution in [2.24, 2.45) is 0 Å². The summed E-state index contributed by atoms with van der Waals surface area (Å²) in [6.07, 6.45) is 3.48. The van der Waals surface area contributed by atoms with Gasteiger partial charge in [-0.05, 0) is 42.5 Å². The molecule has 1 aromatic carbocycles. The summed E-state index contributed by atoms with van der Waals surface area (Å²) < 4.78 is 26.0. The van der Waals surface area contributed by atoms with Crippen molar-refractivity contribution >= 4 is 0 Å². The first-order valence-electron chi connectivity index (χ1n) is 6.57. The van der Waals surface area contributed by atoms with Gasteiger partial charge in [0.05, 0.1) is 0 Å². The Bertz CT molecular complexity index is 535. The molecule has 0 radical (unpaired) electrons. The van der Waals surface area contributed by atoms with Gasteiger partial charge in [-0.1, -0.05) is 37.6 Å². The first kappa shape index (κ1) is 13.7. The quantitative estimate of drug-likeness (QED) is 0.738. The number of nitrogens with zero attached hydrogens (tertiary/aromatic N) is 1. The maximum absolute atomic E-state index is 13.4. The second kappa shape index (κ2) is 6.41. The number of rotatable bonds is 5. The SMILES string of the molecule is CCCc1ccc(CCc2ccc(F)nc2F)cc1. The molecule has 0 amide bonds. The van der Waals surface area contributed by atoms with Crippen molar-refractivity contribution in [3.8, 4) is 0 Å². The molecule has 0 aliphatic heterocycles. The topological polar surface area (TPSA) is 12.9 Å². The van der Waals surface area contributed by atoms with Crippen molar-refractivity contribution in [2.75, 3.05) is 0 Å². The molecule has 0 saturated heterocycles. The minimum atomic E-state index is -0.773. The zero-order valence-electron chi connectivity index (χ0n) is 11.0. The number of benzene rings is 1. The van der Waals surface area contributed by atoms with E-state index in [9.17, 15) is 8.78 Å². The molecule has 0 N–H and O–H groups in total. The molecular formula is C16H17F2N. The van der Waals surface area contributed by atoms with Crippen LogP contribution in [0, 0.1) is 11.9 Å². The summed E-state index contributed by atoms with van der Waals surface area (Å²) in [5.74, 6) is -1.48. The Morgan fingerprint density at radius 3 is 2.05 bits per heavy atom. The highest BCUT2D eigenvalue weighted by molar-refractivity contribution is 5.24. The van der Waals surface area contributed by atoms with Crippen LogP contribution in [0.5, 0.6) is 0 Å². The maximum atomic E-state index is 13.4. The smallest absolute Gasteiger partial charge is 0.190 e. The average molecular weight is 261 g/mol. The Morgan fingerprint density at radius 2 is 1.47 bits per heavy atom. The van der Waals surface area contributed by atoms with Crippen molar-refractivity contribution in [1.82, 2.24) is 4.98 Å². The van der Waals surface area contributed by atoms with Crippen molar-refractivity contribution < 1.29 is 8.78 Å². The minimum Gasteiger partial charge on any atom is -0.190 e. The second-order valence-electron chi connectivity index (χ2n) is 4.65. The maximum Gasteiger partial charge on any atom is 0.218 e. The van der Waals surface area contributed by atoms with Crippen LogP contribution >= 0.6 is 0 Å². The molecule has 0 saturated carbocycles. The molecule has 19 heavy (non-hydrogen) atoms. The molecule has 0 unspecified atom stereocenters. The van der Waals surface area contributed by atoms with E-state index in [2.05, 4.69) is 36.2 Å².